The number of carbonyl (C=O) groups excluding carboxylic acids is 2. The molecule has 6 nitrogen and oxygen atoms in total. The molecule has 0 aliphatic carbocycles. The number of ether oxygens (including phenoxy) is 3. The lowest BCUT2D eigenvalue weighted by Crippen LogP contribution is -2.20. The van der Waals surface area contributed by atoms with Crippen LogP contribution in [0.3, 0.4) is 0 Å². The maximum Gasteiger partial charge on any atom is 0.337 e. The Hall–Kier alpha value is -2.73. The van der Waals surface area contributed by atoms with E-state index < -0.39 is 5.97 Å². The number of methoxy groups -OCH3 is 2. The third-order valence-electron chi connectivity index (χ3n) is 3.42. The van der Waals surface area contributed by atoms with E-state index >= 15 is 0 Å². The lowest BCUT2D eigenvalue weighted by Gasteiger charge is -2.12. The summed E-state index contributed by atoms with van der Waals surface area (Å²) in [7, 11) is 2.74. The summed E-state index contributed by atoms with van der Waals surface area (Å²) >= 11 is 5.93. The number of hydrogen-bond acceptors (Lipinski definition) is 5. The van der Waals surface area contributed by atoms with E-state index in [1.807, 2.05) is 13.0 Å². The fraction of sp³-hybridized carbons (Fsp3) is 0.222. The molecule has 0 aliphatic heterocycles. The Balaban J connectivity index is 2.04. The first kappa shape index (κ1) is 18.6. The van der Waals surface area contributed by atoms with Crippen LogP contribution < -0.4 is 14.8 Å². The molecule has 0 bridgehead atoms. The monoisotopic (exact) mass is 363 g/mol. The molecule has 2 rings (SSSR count). The standard InChI is InChI=1S/C18H18ClNO5/c1-11-4-6-13(19)9-14(11)20-17(21)10-25-15-7-5-12(18(22)24-3)8-16(15)23-2/h4-9H,10H2,1-3H3,(H,20,21). The molecule has 0 atom stereocenters. The molecular formula is C18H18ClNO5. The van der Waals surface area contributed by atoms with Crippen molar-refractivity contribution < 1.29 is 23.8 Å². The molecule has 0 aromatic heterocycles. The third-order valence-corrected chi connectivity index (χ3v) is 3.65. The molecule has 0 heterocycles. The Morgan fingerprint density at radius 1 is 1.08 bits per heavy atom. The number of halogens is 1. The molecule has 0 aliphatic rings. The van der Waals surface area contributed by atoms with E-state index in [-0.39, 0.29) is 12.5 Å². The first-order chi connectivity index (χ1) is 11.9. The molecule has 132 valence electrons. The van der Waals surface area contributed by atoms with Crippen molar-refractivity contribution in [3.05, 3.63) is 52.5 Å². The van der Waals surface area contributed by atoms with Gasteiger partial charge in [-0.3, -0.25) is 4.79 Å². The fourth-order valence-electron chi connectivity index (χ4n) is 2.09. The first-order valence-electron chi connectivity index (χ1n) is 7.39. The van der Waals surface area contributed by atoms with Crippen molar-refractivity contribution >= 4 is 29.2 Å². The maximum absolute atomic E-state index is 12.1. The van der Waals surface area contributed by atoms with E-state index in [2.05, 4.69) is 10.1 Å². The molecule has 25 heavy (non-hydrogen) atoms. The predicted octanol–water partition coefficient (Wildman–Crippen LogP) is 3.46. The Morgan fingerprint density at radius 3 is 2.52 bits per heavy atom. The van der Waals surface area contributed by atoms with Gasteiger partial charge in [-0.15, -0.1) is 0 Å². The quantitative estimate of drug-likeness (QED) is 0.795. The minimum absolute atomic E-state index is 0.222. The summed E-state index contributed by atoms with van der Waals surface area (Å²) in [4.78, 5) is 23.6. The molecule has 2 aromatic carbocycles. The van der Waals surface area contributed by atoms with E-state index in [4.69, 9.17) is 21.1 Å². The largest absolute Gasteiger partial charge is 0.493 e. The number of rotatable bonds is 6. The van der Waals surface area contributed by atoms with Gasteiger partial charge in [0, 0.05) is 10.7 Å². The maximum atomic E-state index is 12.1. The number of hydrogen-bond donors (Lipinski definition) is 1. The van der Waals surface area contributed by atoms with Crippen LogP contribution in [0.2, 0.25) is 5.02 Å². The average Bonchev–Trinajstić information content (AvgIpc) is 2.62. The van der Waals surface area contributed by atoms with Crippen LogP contribution in [0.15, 0.2) is 36.4 Å². The molecule has 1 N–H and O–H groups in total. The van der Waals surface area contributed by atoms with Crippen LogP contribution in [0.1, 0.15) is 15.9 Å². The summed E-state index contributed by atoms with van der Waals surface area (Å²) in [6.07, 6.45) is 0. The molecular weight excluding hydrogens is 346 g/mol. The van der Waals surface area contributed by atoms with Crippen LogP contribution in [0.4, 0.5) is 5.69 Å². The molecule has 1 amide bonds. The smallest absolute Gasteiger partial charge is 0.337 e. The van der Waals surface area contributed by atoms with Gasteiger partial charge in [-0.2, -0.15) is 0 Å². The van der Waals surface area contributed by atoms with Crippen LogP contribution in [0.5, 0.6) is 11.5 Å². The van der Waals surface area contributed by atoms with Crippen LogP contribution in [-0.4, -0.2) is 32.7 Å². The van der Waals surface area contributed by atoms with E-state index in [9.17, 15) is 9.59 Å². The summed E-state index contributed by atoms with van der Waals surface area (Å²) in [5.41, 5.74) is 1.83. The van der Waals surface area contributed by atoms with Crippen molar-refractivity contribution in [2.75, 3.05) is 26.1 Å². The Morgan fingerprint density at radius 2 is 1.84 bits per heavy atom. The van der Waals surface area contributed by atoms with Gasteiger partial charge in [-0.1, -0.05) is 17.7 Å². The summed E-state index contributed by atoms with van der Waals surface area (Å²) in [5.74, 6) is -0.161. The number of aryl methyl sites for hydroxylation is 1. The third kappa shape index (κ3) is 4.87. The summed E-state index contributed by atoms with van der Waals surface area (Å²) < 4.78 is 15.3. The second-order valence-electron chi connectivity index (χ2n) is 5.15. The second-order valence-corrected chi connectivity index (χ2v) is 5.59. The Kier molecular flexibility index (Phi) is 6.25. The van der Waals surface area contributed by atoms with Gasteiger partial charge in [0.2, 0.25) is 0 Å². The second kappa shape index (κ2) is 8.39. The van der Waals surface area contributed by atoms with Crippen molar-refractivity contribution in [1.29, 1.82) is 0 Å². The van der Waals surface area contributed by atoms with Crippen LogP contribution >= 0.6 is 11.6 Å². The van der Waals surface area contributed by atoms with Crippen molar-refractivity contribution in [1.82, 2.24) is 0 Å². The lowest BCUT2D eigenvalue weighted by atomic mass is 10.2. The Labute approximate surface area is 150 Å². The van der Waals surface area contributed by atoms with Gasteiger partial charge in [0.15, 0.2) is 18.1 Å². The first-order valence-corrected chi connectivity index (χ1v) is 7.77. The molecule has 0 radical (unpaired) electrons. The molecule has 0 saturated carbocycles. The number of anilines is 1. The van der Waals surface area contributed by atoms with Gasteiger partial charge in [-0.25, -0.2) is 4.79 Å². The van der Waals surface area contributed by atoms with Crippen LogP contribution in [0.25, 0.3) is 0 Å². The van der Waals surface area contributed by atoms with Crippen LogP contribution in [-0.2, 0) is 9.53 Å². The van der Waals surface area contributed by atoms with Gasteiger partial charge < -0.3 is 19.5 Å². The lowest BCUT2D eigenvalue weighted by molar-refractivity contribution is -0.118. The van der Waals surface area contributed by atoms with E-state index in [0.29, 0.717) is 27.8 Å². The highest BCUT2D eigenvalue weighted by molar-refractivity contribution is 6.31. The van der Waals surface area contributed by atoms with Gasteiger partial charge in [0.25, 0.3) is 5.91 Å². The normalized spacial score (nSPS) is 10.1. The predicted molar refractivity (Wildman–Crippen MR) is 94.6 cm³/mol. The van der Waals surface area contributed by atoms with Crippen molar-refractivity contribution in [2.24, 2.45) is 0 Å². The number of esters is 1. The molecule has 2 aromatic rings. The zero-order valence-corrected chi connectivity index (χ0v) is 14.8. The highest BCUT2D eigenvalue weighted by atomic mass is 35.5. The van der Waals surface area contributed by atoms with Crippen molar-refractivity contribution in [2.45, 2.75) is 6.92 Å². The van der Waals surface area contributed by atoms with Crippen molar-refractivity contribution in [3.8, 4) is 11.5 Å². The van der Waals surface area contributed by atoms with E-state index in [0.717, 1.165) is 5.56 Å². The topological polar surface area (TPSA) is 73.9 Å². The van der Waals surface area contributed by atoms with Gasteiger partial charge >= 0.3 is 5.97 Å². The zero-order valence-electron chi connectivity index (χ0n) is 14.1. The molecule has 7 heteroatoms. The fourth-order valence-corrected chi connectivity index (χ4v) is 2.26. The molecule has 0 spiro atoms. The van der Waals surface area contributed by atoms with Gasteiger partial charge in [-0.05, 0) is 42.8 Å². The zero-order chi connectivity index (χ0) is 18.4. The summed E-state index contributed by atoms with van der Waals surface area (Å²) in [6, 6.07) is 9.79. The molecule has 0 saturated heterocycles. The summed E-state index contributed by atoms with van der Waals surface area (Å²) in [6.45, 7) is 1.64. The van der Waals surface area contributed by atoms with Crippen LogP contribution in [0, 0.1) is 6.92 Å². The number of nitrogens with one attached hydrogen (secondary N) is 1. The average molecular weight is 364 g/mol. The Bertz CT molecular complexity index is 791. The van der Waals surface area contributed by atoms with E-state index in [1.165, 1.54) is 26.4 Å². The number of benzene rings is 2. The summed E-state index contributed by atoms with van der Waals surface area (Å²) in [5, 5.41) is 3.26. The highest BCUT2D eigenvalue weighted by Crippen LogP contribution is 2.28. The SMILES string of the molecule is COC(=O)c1ccc(OCC(=O)Nc2cc(Cl)ccc2C)c(OC)c1. The van der Waals surface area contributed by atoms with Gasteiger partial charge in [0.1, 0.15) is 0 Å². The highest BCUT2D eigenvalue weighted by Gasteiger charge is 2.13. The minimum Gasteiger partial charge on any atom is -0.493 e. The molecule has 0 fully saturated rings. The van der Waals surface area contributed by atoms with Crippen molar-refractivity contribution in [3.63, 3.8) is 0 Å². The van der Waals surface area contributed by atoms with E-state index in [1.54, 1.807) is 18.2 Å². The van der Waals surface area contributed by atoms with Gasteiger partial charge in [0.05, 0.1) is 19.8 Å². The minimum atomic E-state index is -0.487. The molecule has 0 unspecified atom stereocenters. The number of amides is 1. The number of carbonyl (C=O) groups is 2.